The van der Waals surface area contributed by atoms with E-state index in [0.717, 1.165) is 22.2 Å². The number of amides is 1. The molecule has 0 unspecified atom stereocenters. The van der Waals surface area contributed by atoms with Crippen LogP contribution in [0.2, 0.25) is 24.7 Å². The average Bonchev–Trinajstić information content (AvgIpc) is 3.22. The maximum atomic E-state index is 13.7. The van der Waals surface area contributed by atoms with Crippen molar-refractivity contribution in [1.82, 2.24) is 9.88 Å². The van der Waals surface area contributed by atoms with Gasteiger partial charge >= 0.3 is 5.97 Å². The summed E-state index contributed by atoms with van der Waals surface area (Å²) in [6, 6.07) is 11.3. The number of hydrogen-bond donors (Lipinski definition) is 1. The third-order valence-corrected chi connectivity index (χ3v) is 7.07. The molecule has 1 amide bonds. The van der Waals surface area contributed by atoms with Crippen molar-refractivity contribution >= 4 is 42.5 Å². The highest BCUT2D eigenvalue weighted by molar-refractivity contribution is 6.84. The molecule has 1 aliphatic heterocycles. The van der Waals surface area contributed by atoms with Crippen LogP contribution in [-0.2, 0) is 20.7 Å². The van der Waals surface area contributed by atoms with Gasteiger partial charge in [-0.1, -0.05) is 55.4 Å². The highest BCUT2D eigenvalue weighted by Gasteiger charge is 2.44. The van der Waals surface area contributed by atoms with Crippen molar-refractivity contribution in [1.29, 1.82) is 0 Å². The van der Waals surface area contributed by atoms with Gasteiger partial charge in [-0.3, -0.25) is 4.79 Å². The number of carbonyl (C=O) groups is 2. The van der Waals surface area contributed by atoms with Gasteiger partial charge in [0.05, 0.1) is 7.11 Å². The molecule has 1 aromatic heterocycles. The Hall–Kier alpha value is -3.65. The molecular weight excluding hydrogens is 492 g/mol. The third-order valence-electron chi connectivity index (χ3n) is 5.96. The molecule has 1 N–H and O–H groups in total. The van der Waals surface area contributed by atoms with E-state index >= 15 is 0 Å². The Kier molecular flexibility index (Phi) is 7.17. The fraction of sp³-hybridized carbons (Fsp3) is 0.286. The van der Waals surface area contributed by atoms with Crippen molar-refractivity contribution in [3.63, 3.8) is 0 Å². The molecule has 0 radical (unpaired) electrons. The number of terminal acetylenes is 1. The predicted molar refractivity (Wildman–Crippen MR) is 143 cm³/mol. The van der Waals surface area contributed by atoms with Crippen LogP contribution in [0.3, 0.4) is 0 Å². The number of halogens is 1. The van der Waals surface area contributed by atoms with Crippen molar-refractivity contribution in [2.24, 2.45) is 0 Å². The molecule has 0 bridgehead atoms. The summed E-state index contributed by atoms with van der Waals surface area (Å²) < 4.78 is 11.0. The molecule has 0 saturated carbocycles. The highest BCUT2D eigenvalue weighted by atomic mass is 35.5. The Labute approximate surface area is 216 Å². The van der Waals surface area contributed by atoms with E-state index in [9.17, 15) is 9.59 Å². The summed E-state index contributed by atoms with van der Waals surface area (Å²) in [7, 11) is -0.560. The zero-order chi connectivity index (χ0) is 26.0. The number of nitrogens with zero attached hydrogens (tertiary/aromatic N) is 1. The van der Waals surface area contributed by atoms with Crippen LogP contribution in [0.15, 0.2) is 42.5 Å². The van der Waals surface area contributed by atoms with Gasteiger partial charge in [0, 0.05) is 33.6 Å². The Morgan fingerprint density at radius 2 is 1.97 bits per heavy atom. The number of carbonyl (C=O) groups excluding carboxylic acids is 2. The van der Waals surface area contributed by atoms with Crippen molar-refractivity contribution < 1.29 is 19.1 Å². The molecule has 8 heteroatoms. The number of methoxy groups -OCH3 is 1. The normalized spacial score (nSPS) is 16.9. The number of rotatable bonds is 4. The zero-order valence-corrected chi connectivity index (χ0v) is 22.4. The summed E-state index contributed by atoms with van der Waals surface area (Å²) in [5, 5.41) is 1.43. The van der Waals surface area contributed by atoms with Crippen molar-refractivity contribution in [2.75, 3.05) is 13.7 Å². The lowest BCUT2D eigenvalue weighted by Gasteiger charge is -2.40. The first kappa shape index (κ1) is 25.4. The van der Waals surface area contributed by atoms with Crippen LogP contribution in [0.1, 0.15) is 22.9 Å². The summed E-state index contributed by atoms with van der Waals surface area (Å²) in [5.74, 6) is 4.76. The van der Waals surface area contributed by atoms with Crippen LogP contribution in [-0.4, -0.2) is 49.6 Å². The second-order valence-corrected chi connectivity index (χ2v) is 14.8. The van der Waals surface area contributed by atoms with Crippen molar-refractivity contribution in [2.45, 2.75) is 38.1 Å². The number of H-pyrrole nitrogens is 1. The molecular formula is C28H27ClN2O4Si. The minimum absolute atomic E-state index is 0.0325. The third kappa shape index (κ3) is 4.99. The molecule has 2 heterocycles. The number of esters is 1. The van der Waals surface area contributed by atoms with Crippen LogP contribution in [0.5, 0.6) is 5.75 Å². The Balaban J connectivity index is 2.02. The smallest absolute Gasteiger partial charge is 0.328 e. The fourth-order valence-electron chi connectivity index (χ4n) is 4.47. The monoisotopic (exact) mass is 518 g/mol. The van der Waals surface area contributed by atoms with Gasteiger partial charge in [0.15, 0.2) is 0 Å². The van der Waals surface area contributed by atoms with Gasteiger partial charge in [-0.2, -0.15) is 0 Å². The van der Waals surface area contributed by atoms with Crippen molar-refractivity contribution in [3.8, 4) is 29.6 Å². The number of ether oxygens (including phenoxy) is 2. The van der Waals surface area contributed by atoms with Crippen LogP contribution >= 0.6 is 11.6 Å². The molecule has 4 rings (SSSR count). The van der Waals surface area contributed by atoms with E-state index in [4.69, 9.17) is 27.5 Å². The van der Waals surface area contributed by atoms with Crippen LogP contribution in [0, 0.1) is 23.8 Å². The number of aromatic amines is 1. The van der Waals surface area contributed by atoms with Crippen LogP contribution in [0.25, 0.3) is 10.9 Å². The number of fused-ring (bicyclic) bond motifs is 3. The van der Waals surface area contributed by atoms with Gasteiger partial charge in [0.2, 0.25) is 0 Å². The fourth-order valence-corrected chi connectivity index (χ4v) is 5.13. The Morgan fingerprint density at radius 3 is 2.67 bits per heavy atom. The molecule has 6 nitrogen and oxygen atoms in total. The SMILES string of the molecule is C#CCOc1ccc(Cl)cc1[C@@H]1c2[nH]c3ccccc3c2C[C@H](C(=O)OC)N1C(=O)C#C[Si](C)(C)C. The van der Waals surface area contributed by atoms with Crippen LogP contribution in [0.4, 0.5) is 0 Å². The number of benzene rings is 2. The molecule has 36 heavy (non-hydrogen) atoms. The maximum absolute atomic E-state index is 13.7. The van der Waals surface area contributed by atoms with E-state index in [-0.39, 0.29) is 13.0 Å². The summed E-state index contributed by atoms with van der Waals surface area (Å²) >= 11 is 6.43. The molecule has 1 aliphatic rings. The number of nitrogens with one attached hydrogen (secondary N) is 1. The lowest BCUT2D eigenvalue weighted by Crippen LogP contribution is -2.51. The van der Waals surface area contributed by atoms with E-state index in [1.807, 2.05) is 24.3 Å². The molecule has 0 aliphatic carbocycles. The number of para-hydroxylation sites is 1. The molecule has 2 atom stereocenters. The summed E-state index contributed by atoms with van der Waals surface area (Å²) in [5.41, 5.74) is 6.32. The van der Waals surface area contributed by atoms with E-state index in [1.54, 1.807) is 18.2 Å². The predicted octanol–water partition coefficient (Wildman–Crippen LogP) is 4.73. The van der Waals surface area contributed by atoms with Gasteiger partial charge in [0.25, 0.3) is 5.91 Å². The summed E-state index contributed by atoms with van der Waals surface area (Å²) in [6.45, 7) is 6.19. The van der Waals surface area contributed by atoms with Gasteiger partial charge in [-0.25, -0.2) is 4.79 Å². The standard InChI is InChI=1S/C28H27ClN2O4Si/c1-6-14-35-24-12-11-18(29)16-21(24)27-26-20(19-9-7-8-10-22(19)30-26)17-23(28(33)34-2)31(27)25(32)13-15-36(3,4)5/h1,7-12,16,23,27,30H,14,17H2,2-5H3/t23-,27-/m1/s1. The van der Waals surface area contributed by atoms with Crippen LogP contribution < -0.4 is 4.74 Å². The van der Waals surface area contributed by atoms with Gasteiger partial charge in [0.1, 0.15) is 32.5 Å². The quantitative estimate of drug-likeness (QED) is 0.308. The minimum atomic E-state index is -1.88. The zero-order valence-electron chi connectivity index (χ0n) is 20.6. The van der Waals surface area contributed by atoms with E-state index < -0.39 is 32.0 Å². The first-order valence-corrected chi connectivity index (χ1v) is 15.4. The van der Waals surface area contributed by atoms with Gasteiger partial charge in [-0.15, -0.1) is 12.0 Å². The van der Waals surface area contributed by atoms with E-state index in [0.29, 0.717) is 16.3 Å². The summed E-state index contributed by atoms with van der Waals surface area (Å²) in [4.78, 5) is 31.8. The van der Waals surface area contributed by atoms with E-state index in [2.05, 4.69) is 42.0 Å². The minimum Gasteiger partial charge on any atom is -0.481 e. The number of hydrogen-bond acceptors (Lipinski definition) is 4. The van der Waals surface area contributed by atoms with Gasteiger partial charge < -0.3 is 19.4 Å². The Morgan fingerprint density at radius 1 is 1.22 bits per heavy atom. The largest absolute Gasteiger partial charge is 0.481 e. The maximum Gasteiger partial charge on any atom is 0.328 e. The molecule has 0 fully saturated rings. The lowest BCUT2D eigenvalue weighted by molar-refractivity contribution is -0.153. The molecule has 2 aromatic carbocycles. The molecule has 0 saturated heterocycles. The average molecular weight is 519 g/mol. The Bertz CT molecular complexity index is 1440. The first-order chi connectivity index (χ1) is 17.1. The molecule has 0 spiro atoms. The van der Waals surface area contributed by atoms with Gasteiger partial charge in [-0.05, 0) is 35.7 Å². The summed E-state index contributed by atoms with van der Waals surface area (Å²) in [6.07, 6.45) is 5.73. The molecule has 3 aromatic rings. The highest BCUT2D eigenvalue weighted by Crippen LogP contribution is 2.44. The second kappa shape index (κ2) is 10.1. The first-order valence-electron chi connectivity index (χ1n) is 11.5. The van der Waals surface area contributed by atoms with E-state index in [1.165, 1.54) is 12.0 Å². The molecule has 184 valence electrons. The lowest BCUT2D eigenvalue weighted by atomic mass is 9.87. The topological polar surface area (TPSA) is 71.6 Å². The van der Waals surface area contributed by atoms with Crippen molar-refractivity contribution in [3.05, 3.63) is 64.3 Å². The second-order valence-electron chi connectivity index (χ2n) is 9.60. The number of aromatic nitrogens is 1.